The van der Waals surface area contributed by atoms with Crippen molar-refractivity contribution in [2.24, 2.45) is 0 Å². The van der Waals surface area contributed by atoms with Crippen molar-refractivity contribution >= 4 is 17.7 Å². The summed E-state index contributed by atoms with van der Waals surface area (Å²) in [5, 5.41) is 2.83. The summed E-state index contributed by atoms with van der Waals surface area (Å²) in [6.07, 6.45) is 4.07. The number of hydrogen-bond donors (Lipinski definition) is 1. The predicted molar refractivity (Wildman–Crippen MR) is 97.4 cm³/mol. The molecule has 1 amide bonds. The number of rotatable bonds is 4. The molecule has 0 aliphatic carbocycles. The van der Waals surface area contributed by atoms with Gasteiger partial charge in [-0.1, -0.05) is 11.6 Å². The molecule has 2 aromatic carbocycles. The number of nitrogens with one attached hydrogen (secondary N) is 1. The molecule has 5 nitrogen and oxygen atoms in total. The number of aryl methyl sites for hydroxylation is 1. The zero-order valence-electron chi connectivity index (χ0n) is 14.4. The van der Waals surface area contributed by atoms with Crippen LogP contribution in [0.4, 0.5) is 5.69 Å². The van der Waals surface area contributed by atoms with Gasteiger partial charge >= 0.3 is 0 Å². The van der Waals surface area contributed by atoms with E-state index in [2.05, 4.69) is 5.32 Å². The summed E-state index contributed by atoms with van der Waals surface area (Å²) >= 11 is 0. The van der Waals surface area contributed by atoms with Crippen molar-refractivity contribution in [2.75, 3.05) is 25.6 Å². The molecule has 2 aromatic rings. The van der Waals surface area contributed by atoms with Gasteiger partial charge in [0, 0.05) is 29.8 Å². The largest absolute Gasteiger partial charge is 0.496 e. The molecule has 0 radical (unpaired) electrons. The maximum absolute atomic E-state index is 12.2. The molecular formula is C20H21NO4. The van der Waals surface area contributed by atoms with Gasteiger partial charge in [0.2, 0.25) is 5.91 Å². The Hall–Kier alpha value is -2.95. The second-order valence-corrected chi connectivity index (χ2v) is 5.78. The summed E-state index contributed by atoms with van der Waals surface area (Å²) in [5.74, 6) is 1.86. The Balaban J connectivity index is 1.70. The lowest BCUT2D eigenvalue weighted by Crippen LogP contribution is -2.08. The van der Waals surface area contributed by atoms with Crippen LogP contribution >= 0.6 is 0 Å². The first-order valence-corrected chi connectivity index (χ1v) is 8.19. The maximum Gasteiger partial charge on any atom is 0.248 e. The first kappa shape index (κ1) is 16.9. The summed E-state index contributed by atoms with van der Waals surface area (Å²) in [5.41, 5.74) is 2.62. The van der Waals surface area contributed by atoms with E-state index in [1.54, 1.807) is 25.3 Å². The van der Waals surface area contributed by atoms with Gasteiger partial charge in [0.15, 0.2) is 11.5 Å². The van der Waals surface area contributed by atoms with Crippen LogP contribution in [-0.4, -0.2) is 26.2 Å². The van der Waals surface area contributed by atoms with Gasteiger partial charge in [0.05, 0.1) is 20.3 Å². The van der Waals surface area contributed by atoms with E-state index in [1.165, 1.54) is 6.08 Å². The number of hydrogen-bond acceptors (Lipinski definition) is 4. The number of fused-ring (bicyclic) bond motifs is 1. The summed E-state index contributed by atoms with van der Waals surface area (Å²) < 4.78 is 16.5. The highest BCUT2D eigenvalue weighted by molar-refractivity contribution is 6.02. The quantitative estimate of drug-likeness (QED) is 0.861. The molecule has 0 spiro atoms. The molecule has 0 unspecified atom stereocenters. The molecular weight excluding hydrogens is 318 g/mol. The molecule has 3 rings (SSSR count). The zero-order valence-corrected chi connectivity index (χ0v) is 14.4. The molecule has 25 heavy (non-hydrogen) atoms. The third kappa shape index (κ3) is 4.32. The Labute approximate surface area is 147 Å². The Morgan fingerprint density at radius 2 is 1.92 bits per heavy atom. The number of amides is 1. The van der Waals surface area contributed by atoms with Gasteiger partial charge in [-0.15, -0.1) is 0 Å². The SMILES string of the molecule is COc1ccc(C)cc1/C=C/C(=O)Nc1ccc2c(c1)OCCCO2. The van der Waals surface area contributed by atoms with Gasteiger partial charge in [0.1, 0.15) is 5.75 Å². The smallest absolute Gasteiger partial charge is 0.248 e. The fourth-order valence-corrected chi connectivity index (χ4v) is 2.57. The molecule has 0 fully saturated rings. The van der Waals surface area contributed by atoms with Gasteiger partial charge in [-0.05, 0) is 37.3 Å². The minimum Gasteiger partial charge on any atom is -0.496 e. The van der Waals surface area contributed by atoms with Crippen LogP contribution in [0.25, 0.3) is 6.08 Å². The van der Waals surface area contributed by atoms with Crippen LogP contribution < -0.4 is 19.5 Å². The molecule has 1 N–H and O–H groups in total. The highest BCUT2D eigenvalue weighted by Gasteiger charge is 2.11. The molecule has 1 aliphatic heterocycles. The van der Waals surface area contributed by atoms with E-state index in [1.807, 2.05) is 31.2 Å². The Morgan fingerprint density at radius 3 is 2.72 bits per heavy atom. The van der Waals surface area contributed by atoms with Crippen LogP contribution in [0.1, 0.15) is 17.5 Å². The van der Waals surface area contributed by atoms with Crippen LogP contribution in [0.3, 0.4) is 0 Å². The van der Waals surface area contributed by atoms with Crippen LogP contribution in [0.15, 0.2) is 42.5 Å². The van der Waals surface area contributed by atoms with Gasteiger partial charge in [-0.3, -0.25) is 4.79 Å². The molecule has 0 aromatic heterocycles. The normalized spacial score (nSPS) is 13.4. The van der Waals surface area contributed by atoms with Crippen molar-refractivity contribution in [3.05, 3.63) is 53.6 Å². The zero-order chi connectivity index (χ0) is 17.6. The van der Waals surface area contributed by atoms with E-state index in [-0.39, 0.29) is 5.91 Å². The Bertz CT molecular complexity index is 798. The van der Waals surface area contributed by atoms with E-state index >= 15 is 0 Å². The topological polar surface area (TPSA) is 56.8 Å². The lowest BCUT2D eigenvalue weighted by Gasteiger charge is -2.09. The lowest BCUT2D eigenvalue weighted by molar-refractivity contribution is -0.111. The van der Waals surface area contributed by atoms with Crippen molar-refractivity contribution in [2.45, 2.75) is 13.3 Å². The fraction of sp³-hybridized carbons (Fsp3) is 0.250. The number of anilines is 1. The van der Waals surface area contributed by atoms with Gasteiger partial charge in [-0.2, -0.15) is 0 Å². The van der Waals surface area contributed by atoms with Crippen molar-refractivity contribution in [3.8, 4) is 17.2 Å². The molecule has 130 valence electrons. The van der Waals surface area contributed by atoms with Crippen LogP contribution in [-0.2, 0) is 4.79 Å². The lowest BCUT2D eigenvalue weighted by atomic mass is 10.1. The first-order valence-electron chi connectivity index (χ1n) is 8.19. The van der Waals surface area contributed by atoms with Crippen molar-refractivity contribution in [1.29, 1.82) is 0 Å². The molecule has 1 heterocycles. The molecule has 0 bridgehead atoms. The molecule has 0 saturated carbocycles. The first-order chi connectivity index (χ1) is 12.2. The number of ether oxygens (including phenoxy) is 3. The van der Waals surface area contributed by atoms with E-state index in [9.17, 15) is 4.79 Å². The molecule has 1 aliphatic rings. The van der Waals surface area contributed by atoms with E-state index < -0.39 is 0 Å². The van der Waals surface area contributed by atoms with E-state index in [0.29, 0.717) is 30.4 Å². The minimum absolute atomic E-state index is 0.224. The fourth-order valence-electron chi connectivity index (χ4n) is 2.57. The molecule has 0 saturated heterocycles. The minimum atomic E-state index is -0.224. The number of carbonyl (C=O) groups excluding carboxylic acids is 1. The average Bonchev–Trinajstić information content (AvgIpc) is 2.85. The van der Waals surface area contributed by atoms with Crippen LogP contribution in [0.2, 0.25) is 0 Å². The third-order valence-corrected chi connectivity index (χ3v) is 3.81. The average molecular weight is 339 g/mol. The van der Waals surface area contributed by atoms with Crippen molar-refractivity contribution in [1.82, 2.24) is 0 Å². The summed E-state index contributed by atoms with van der Waals surface area (Å²) in [6.45, 7) is 3.24. The number of carbonyl (C=O) groups is 1. The summed E-state index contributed by atoms with van der Waals surface area (Å²) in [7, 11) is 1.61. The number of benzene rings is 2. The van der Waals surface area contributed by atoms with Crippen LogP contribution in [0, 0.1) is 6.92 Å². The van der Waals surface area contributed by atoms with Gasteiger partial charge in [-0.25, -0.2) is 0 Å². The maximum atomic E-state index is 12.2. The third-order valence-electron chi connectivity index (χ3n) is 3.81. The molecule has 5 heteroatoms. The van der Waals surface area contributed by atoms with Crippen molar-refractivity contribution in [3.63, 3.8) is 0 Å². The summed E-state index contributed by atoms with van der Waals surface area (Å²) in [6, 6.07) is 11.2. The highest BCUT2D eigenvalue weighted by atomic mass is 16.5. The second-order valence-electron chi connectivity index (χ2n) is 5.78. The monoisotopic (exact) mass is 339 g/mol. The van der Waals surface area contributed by atoms with E-state index in [0.717, 1.165) is 23.3 Å². The van der Waals surface area contributed by atoms with Crippen molar-refractivity contribution < 1.29 is 19.0 Å². The molecule has 0 atom stereocenters. The van der Waals surface area contributed by atoms with E-state index in [4.69, 9.17) is 14.2 Å². The second kappa shape index (κ2) is 7.75. The van der Waals surface area contributed by atoms with Gasteiger partial charge in [0.25, 0.3) is 0 Å². The predicted octanol–water partition coefficient (Wildman–Crippen LogP) is 3.82. The standard InChI is InChI=1S/C20H21NO4/c1-14-4-7-17(23-2)15(12-14)5-9-20(22)21-16-6-8-18-19(13-16)25-11-3-10-24-18/h4-9,12-13H,3,10-11H2,1-2H3,(H,21,22)/b9-5+. The Morgan fingerprint density at radius 1 is 1.12 bits per heavy atom. The van der Waals surface area contributed by atoms with Gasteiger partial charge < -0.3 is 19.5 Å². The van der Waals surface area contributed by atoms with Crippen LogP contribution in [0.5, 0.6) is 17.2 Å². The highest BCUT2D eigenvalue weighted by Crippen LogP contribution is 2.32. The summed E-state index contributed by atoms with van der Waals surface area (Å²) in [4.78, 5) is 12.2. The Kier molecular flexibility index (Phi) is 5.23. The number of methoxy groups -OCH3 is 1.